The lowest BCUT2D eigenvalue weighted by Gasteiger charge is -2.10. The lowest BCUT2D eigenvalue weighted by Crippen LogP contribution is -1.99. The SMILES string of the molecule is COc1ccc2cc(C(C)c3nc(Nc4ccc(Br)cc4)n[nH]3)ccc2c1. The number of ether oxygens (including phenoxy) is 1. The molecule has 5 nitrogen and oxygen atoms in total. The van der Waals surface area contributed by atoms with E-state index in [-0.39, 0.29) is 5.92 Å². The summed E-state index contributed by atoms with van der Waals surface area (Å²) in [5, 5.41) is 12.9. The summed E-state index contributed by atoms with van der Waals surface area (Å²) in [5.74, 6) is 2.35. The molecule has 1 atom stereocenters. The number of hydrogen-bond acceptors (Lipinski definition) is 4. The molecule has 27 heavy (non-hydrogen) atoms. The highest BCUT2D eigenvalue weighted by Gasteiger charge is 2.14. The Labute approximate surface area is 165 Å². The normalized spacial score (nSPS) is 12.1. The second-order valence-corrected chi connectivity index (χ2v) is 7.29. The van der Waals surface area contributed by atoms with Gasteiger partial charge in [0.1, 0.15) is 11.6 Å². The molecule has 0 aliphatic carbocycles. The summed E-state index contributed by atoms with van der Waals surface area (Å²) in [5.41, 5.74) is 2.12. The van der Waals surface area contributed by atoms with E-state index in [1.165, 1.54) is 10.9 Å². The topological polar surface area (TPSA) is 62.8 Å². The summed E-state index contributed by atoms with van der Waals surface area (Å²) in [6.07, 6.45) is 0. The van der Waals surface area contributed by atoms with Crippen molar-refractivity contribution in [3.8, 4) is 5.75 Å². The molecule has 1 aromatic heterocycles. The van der Waals surface area contributed by atoms with Gasteiger partial charge in [0.05, 0.1) is 7.11 Å². The smallest absolute Gasteiger partial charge is 0.246 e. The molecule has 3 aromatic carbocycles. The molecule has 136 valence electrons. The first-order chi connectivity index (χ1) is 13.1. The highest BCUT2D eigenvalue weighted by Crippen LogP contribution is 2.28. The van der Waals surface area contributed by atoms with Gasteiger partial charge in [0.15, 0.2) is 0 Å². The van der Waals surface area contributed by atoms with E-state index >= 15 is 0 Å². The molecular formula is C21H19BrN4O. The van der Waals surface area contributed by atoms with E-state index in [0.29, 0.717) is 5.95 Å². The van der Waals surface area contributed by atoms with Gasteiger partial charge < -0.3 is 10.1 Å². The highest BCUT2D eigenvalue weighted by molar-refractivity contribution is 9.10. The van der Waals surface area contributed by atoms with Crippen LogP contribution in [0.25, 0.3) is 10.8 Å². The van der Waals surface area contributed by atoms with Crippen molar-refractivity contribution in [1.29, 1.82) is 0 Å². The van der Waals surface area contributed by atoms with Gasteiger partial charge in [0.2, 0.25) is 5.95 Å². The van der Waals surface area contributed by atoms with Crippen LogP contribution >= 0.6 is 15.9 Å². The minimum Gasteiger partial charge on any atom is -0.497 e. The molecule has 0 saturated carbocycles. The van der Waals surface area contributed by atoms with E-state index < -0.39 is 0 Å². The average molecular weight is 423 g/mol. The van der Waals surface area contributed by atoms with E-state index in [1.807, 2.05) is 36.4 Å². The van der Waals surface area contributed by atoms with Gasteiger partial charge >= 0.3 is 0 Å². The number of benzene rings is 3. The summed E-state index contributed by atoms with van der Waals surface area (Å²) in [4.78, 5) is 4.60. The van der Waals surface area contributed by atoms with Crippen LogP contribution in [0.15, 0.2) is 65.1 Å². The fourth-order valence-corrected chi connectivity index (χ4v) is 3.25. The fourth-order valence-electron chi connectivity index (χ4n) is 2.98. The third-order valence-corrected chi connectivity index (χ3v) is 5.11. The van der Waals surface area contributed by atoms with Crippen LogP contribution in [0.1, 0.15) is 24.2 Å². The Bertz CT molecular complexity index is 1080. The summed E-state index contributed by atoms with van der Waals surface area (Å²) < 4.78 is 6.33. The minimum absolute atomic E-state index is 0.101. The number of rotatable bonds is 5. The molecule has 0 aliphatic rings. The van der Waals surface area contributed by atoms with Crippen molar-refractivity contribution >= 4 is 38.3 Å². The molecule has 0 bridgehead atoms. The molecule has 6 heteroatoms. The van der Waals surface area contributed by atoms with Crippen LogP contribution in [-0.4, -0.2) is 22.3 Å². The molecule has 0 amide bonds. The Morgan fingerprint density at radius 1 is 1.00 bits per heavy atom. The summed E-state index contributed by atoms with van der Waals surface area (Å²) in [6.45, 7) is 2.12. The Hall–Kier alpha value is -2.86. The van der Waals surface area contributed by atoms with Gasteiger partial charge in [-0.1, -0.05) is 47.1 Å². The first-order valence-corrected chi connectivity index (χ1v) is 9.44. The van der Waals surface area contributed by atoms with Crippen LogP contribution in [0, 0.1) is 0 Å². The van der Waals surface area contributed by atoms with Crippen molar-refractivity contribution in [2.45, 2.75) is 12.8 Å². The molecule has 0 fully saturated rings. The van der Waals surface area contributed by atoms with Crippen molar-refractivity contribution < 1.29 is 4.74 Å². The average Bonchev–Trinajstić information content (AvgIpc) is 3.16. The number of methoxy groups -OCH3 is 1. The maximum Gasteiger partial charge on any atom is 0.246 e. The molecule has 4 rings (SSSR count). The molecule has 1 unspecified atom stereocenters. The van der Waals surface area contributed by atoms with E-state index in [1.54, 1.807) is 7.11 Å². The molecule has 0 saturated heterocycles. The zero-order valence-electron chi connectivity index (χ0n) is 15.0. The Morgan fingerprint density at radius 3 is 2.52 bits per heavy atom. The number of hydrogen-bond donors (Lipinski definition) is 2. The highest BCUT2D eigenvalue weighted by atomic mass is 79.9. The zero-order valence-corrected chi connectivity index (χ0v) is 16.6. The number of halogens is 1. The monoisotopic (exact) mass is 422 g/mol. The van der Waals surface area contributed by atoms with Gasteiger partial charge in [0.25, 0.3) is 0 Å². The molecule has 2 N–H and O–H groups in total. The van der Waals surface area contributed by atoms with Crippen LogP contribution in [0.5, 0.6) is 5.75 Å². The second kappa shape index (κ2) is 7.40. The summed E-state index contributed by atoms with van der Waals surface area (Å²) in [6, 6.07) is 20.4. The van der Waals surface area contributed by atoms with Gasteiger partial charge in [-0.05, 0) is 52.7 Å². The molecule has 0 spiro atoms. The van der Waals surface area contributed by atoms with Crippen molar-refractivity contribution in [3.05, 3.63) is 76.5 Å². The number of aromatic nitrogens is 3. The van der Waals surface area contributed by atoms with E-state index in [0.717, 1.165) is 27.1 Å². The lowest BCUT2D eigenvalue weighted by molar-refractivity contribution is 0.415. The first kappa shape index (κ1) is 17.5. The lowest BCUT2D eigenvalue weighted by atomic mass is 9.97. The van der Waals surface area contributed by atoms with E-state index in [4.69, 9.17) is 4.74 Å². The predicted octanol–water partition coefficient (Wildman–Crippen LogP) is 5.62. The minimum atomic E-state index is 0.101. The van der Waals surface area contributed by atoms with Crippen molar-refractivity contribution in [2.24, 2.45) is 0 Å². The zero-order chi connectivity index (χ0) is 18.8. The van der Waals surface area contributed by atoms with Crippen LogP contribution < -0.4 is 10.1 Å². The third kappa shape index (κ3) is 3.80. The summed E-state index contributed by atoms with van der Waals surface area (Å²) in [7, 11) is 1.68. The van der Waals surface area contributed by atoms with Gasteiger partial charge in [-0.2, -0.15) is 4.98 Å². The molecular weight excluding hydrogens is 404 g/mol. The maximum absolute atomic E-state index is 5.29. The van der Waals surface area contributed by atoms with Crippen LogP contribution in [0.2, 0.25) is 0 Å². The Morgan fingerprint density at radius 2 is 1.74 bits per heavy atom. The number of anilines is 2. The standard InChI is InChI=1S/C21H19BrN4O/c1-13(14-3-4-16-12-19(27-2)10-5-15(16)11-14)20-24-21(26-25-20)23-18-8-6-17(22)7-9-18/h3-13H,1-2H3,(H2,23,24,25,26). The van der Waals surface area contributed by atoms with Crippen molar-refractivity contribution in [1.82, 2.24) is 15.2 Å². The predicted molar refractivity (Wildman–Crippen MR) is 112 cm³/mol. The number of nitrogens with one attached hydrogen (secondary N) is 2. The fraction of sp³-hybridized carbons (Fsp3) is 0.143. The Balaban J connectivity index is 1.55. The summed E-state index contributed by atoms with van der Waals surface area (Å²) >= 11 is 3.43. The largest absolute Gasteiger partial charge is 0.497 e. The number of fused-ring (bicyclic) bond motifs is 1. The number of aromatic amines is 1. The van der Waals surface area contributed by atoms with Crippen molar-refractivity contribution in [2.75, 3.05) is 12.4 Å². The quantitative estimate of drug-likeness (QED) is 0.437. The van der Waals surface area contributed by atoms with E-state index in [2.05, 4.69) is 67.6 Å². The van der Waals surface area contributed by atoms with Gasteiger partial charge in [-0.3, -0.25) is 5.10 Å². The molecule has 1 heterocycles. The molecule has 0 aliphatic heterocycles. The Kier molecular flexibility index (Phi) is 4.81. The van der Waals surface area contributed by atoms with Crippen LogP contribution in [0.3, 0.4) is 0 Å². The molecule has 0 radical (unpaired) electrons. The number of H-pyrrole nitrogens is 1. The van der Waals surface area contributed by atoms with Gasteiger partial charge in [-0.25, -0.2) is 0 Å². The number of nitrogens with zero attached hydrogens (tertiary/aromatic N) is 2. The second-order valence-electron chi connectivity index (χ2n) is 6.37. The van der Waals surface area contributed by atoms with Crippen LogP contribution in [0.4, 0.5) is 11.6 Å². The van der Waals surface area contributed by atoms with E-state index in [9.17, 15) is 0 Å². The maximum atomic E-state index is 5.29. The van der Waals surface area contributed by atoms with Crippen molar-refractivity contribution in [3.63, 3.8) is 0 Å². The van der Waals surface area contributed by atoms with Gasteiger partial charge in [-0.15, -0.1) is 5.10 Å². The van der Waals surface area contributed by atoms with Gasteiger partial charge in [0, 0.05) is 16.1 Å². The van der Waals surface area contributed by atoms with Crippen LogP contribution in [-0.2, 0) is 0 Å². The first-order valence-electron chi connectivity index (χ1n) is 8.65. The third-order valence-electron chi connectivity index (χ3n) is 4.58. The molecule has 4 aromatic rings.